The normalized spacial score (nSPS) is 26.3. The molecule has 0 amide bonds. The van der Waals surface area contributed by atoms with Crippen molar-refractivity contribution in [1.29, 1.82) is 0 Å². The zero-order chi connectivity index (χ0) is 13.4. The predicted octanol–water partition coefficient (Wildman–Crippen LogP) is 2.83. The van der Waals surface area contributed by atoms with E-state index in [1.54, 1.807) is 6.07 Å². The van der Waals surface area contributed by atoms with Gasteiger partial charge in [-0.3, -0.25) is 4.79 Å². The molecule has 1 fully saturated rings. The lowest BCUT2D eigenvalue weighted by atomic mass is 9.83. The van der Waals surface area contributed by atoms with Gasteiger partial charge in [-0.25, -0.2) is 4.39 Å². The summed E-state index contributed by atoms with van der Waals surface area (Å²) >= 11 is 0. The largest absolute Gasteiger partial charge is 0.481 e. The fourth-order valence-electron chi connectivity index (χ4n) is 3.49. The summed E-state index contributed by atoms with van der Waals surface area (Å²) in [6.45, 7) is 0.813. The molecule has 19 heavy (non-hydrogen) atoms. The van der Waals surface area contributed by atoms with E-state index in [0.717, 1.165) is 49.9 Å². The van der Waals surface area contributed by atoms with Gasteiger partial charge in [-0.1, -0.05) is 18.9 Å². The Balaban J connectivity index is 1.91. The highest BCUT2D eigenvalue weighted by Gasteiger charge is 2.37. The molecule has 2 aliphatic rings. The first-order valence-electron chi connectivity index (χ1n) is 6.94. The topological polar surface area (TPSA) is 40.5 Å². The summed E-state index contributed by atoms with van der Waals surface area (Å²) in [4.78, 5) is 13.5. The molecule has 4 heteroatoms. The van der Waals surface area contributed by atoms with Gasteiger partial charge in [-0.15, -0.1) is 0 Å². The molecule has 1 N–H and O–H groups in total. The van der Waals surface area contributed by atoms with Crippen molar-refractivity contribution in [3.63, 3.8) is 0 Å². The van der Waals surface area contributed by atoms with Gasteiger partial charge in [0.15, 0.2) is 0 Å². The maximum absolute atomic E-state index is 13.4. The van der Waals surface area contributed by atoms with Gasteiger partial charge in [0.2, 0.25) is 0 Å². The molecule has 3 rings (SSSR count). The van der Waals surface area contributed by atoms with Crippen LogP contribution in [0.15, 0.2) is 18.2 Å². The molecule has 1 heterocycles. The fourth-order valence-corrected chi connectivity index (χ4v) is 3.49. The van der Waals surface area contributed by atoms with E-state index in [4.69, 9.17) is 0 Å². The zero-order valence-corrected chi connectivity index (χ0v) is 10.8. The minimum absolute atomic E-state index is 0.0225. The third kappa shape index (κ3) is 2.20. The van der Waals surface area contributed by atoms with Crippen LogP contribution in [-0.2, 0) is 11.2 Å². The molecule has 102 valence electrons. The SMILES string of the molecule is O=C(O)C1CCCCC1N1CCc2ccc(F)cc21. The first kappa shape index (κ1) is 12.5. The molecule has 2 atom stereocenters. The van der Waals surface area contributed by atoms with Crippen molar-refractivity contribution < 1.29 is 14.3 Å². The number of carbonyl (C=O) groups is 1. The van der Waals surface area contributed by atoms with Gasteiger partial charge in [0.25, 0.3) is 0 Å². The van der Waals surface area contributed by atoms with E-state index in [1.165, 1.54) is 6.07 Å². The van der Waals surface area contributed by atoms with Crippen LogP contribution in [-0.4, -0.2) is 23.7 Å². The van der Waals surface area contributed by atoms with Crippen molar-refractivity contribution in [3.8, 4) is 0 Å². The number of benzene rings is 1. The van der Waals surface area contributed by atoms with Gasteiger partial charge < -0.3 is 10.0 Å². The van der Waals surface area contributed by atoms with Crippen LogP contribution in [0.4, 0.5) is 10.1 Å². The van der Waals surface area contributed by atoms with E-state index in [1.807, 2.05) is 6.07 Å². The lowest BCUT2D eigenvalue weighted by Gasteiger charge is -2.37. The monoisotopic (exact) mass is 263 g/mol. The summed E-state index contributed by atoms with van der Waals surface area (Å²) in [7, 11) is 0. The standard InChI is InChI=1S/C15H18FNO2/c16-11-6-5-10-7-8-17(14(10)9-11)13-4-2-1-3-12(13)15(18)19/h5-6,9,12-13H,1-4,7-8H2,(H,18,19). The first-order valence-corrected chi connectivity index (χ1v) is 6.94. The van der Waals surface area contributed by atoms with Crippen molar-refractivity contribution in [1.82, 2.24) is 0 Å². The molecule has 0 bridgehead atoms. The molecule has 0 saturated heterocycles. The highest BCUT2D eigenvalue weighted by atomic mass is 19.1. The van der Waals surface area contributed by atoms with E-state index >= 15 is 0 Å². The predicted molar refractivity (Wildman–Crippen MR) is 70.8 cm³/mol. The van der Waals surface area contributed by atoms with Crippen molar-refractivity contribution >= 4 is 11.7 Å². The molecule has 1 aromatic rings. The highest BCUT2D eigenvalue weighted by molar-refractivity contribution is 5.73. The molecular formula is C15H18FNO2. The molecule has 0 spiro atoms. The second-order valence-electron chi connectivity index (χ2n) is 5.51. The average molecular weight is 263 g/mol. The first-order chi connectivity index (χ1) is 9.16. The summed E-state index contributed by atoms with van der Waals surface area (Å²) in [5, 5.41) is 9.37. The van der Waals surface area contributed by atoms with Crippen molar-refractivity contribution in [2.45, 2.75) is 38.1 Å². The van der Waals surface area contributed by atoms with Gasteiger partial charge in [-0.2, -0.15) is 0 Å². The number of nitrogens with zero attached hydrogens (tertiary/aromatic N) is 1. The van der Waals surface area contributed by atoms with Crippen LogP contribution < -0.4 is 4.90 Å². The number of fused-ring (bicyclic) bond motifs is 1. The molecule has 1 aliphatic carbocycles. The Kier molecular flexibility index (Phi) is 3.17. The molecular weight excluding hydrogens is 245 g/mol. The van der Waals surface area contributed by atoms with Crippen LogP contribution in [0.5, 0.6) is 0 Å². The molecule has 2 unspecified atom stereocenters. The fraction of sp³-hybridized carbons (Fsp3) is 0.533. The van der Waals surface area contributed by atoms with Crippen LogP contribution in [0.3, 0.4) is 0 Å². The molecule has 0 aromatic heterocycles. The third-order valence-electron chi connectivity index (χ3n) is 4.43. The van der Waals surface area contributed by atoms with E-state index in [0.29, 0.717) is 0 Å². The lowest BCUT2D eigenvalue weighted by Crippen LogP contribution is -2.44. The van der Waals surface area contributed by atoms with Crippen LogP contribution in [0.2, 0.25) is 0 Å². The Bertz CT molecular complexity index is 503. The number of carboxylic acid groups (broad SMARTS) is 1. The number of halogens is 1. The minimum atomic E-state index is -0.713. The number of carboxylic acids is 1. The Morgan fingerprint density at radius 3 is 2.89 bits per heavy atom. The molecule has 3 nitrogen and oxygen atoms in total. The molecule has 0 radical (unpaired) electrons. The van der Waals surface area contributed by atoms with E-state index < -0.39 is 5.97 Å². The minimum Gasteiger partial charge on any atom is -0.481 e. The number of anilines is 1. The maximum atomic E-state index is 13.4. The summed E-state index contributed by atoms with van der Waals surface area (Å²) < 4.78 is 13.4. The lowest BCUT2D eigenvalue weighted by molar-refractivity contribution is -0.143. The third-order valence-corrected chi connectivity index (χ3v) is 4.43. The van der Waals surface area contributed by atoms with Gasteiger partial charge in [0, 0.05) is 18.3 Å². The van der Waals surface area contributed by atoms with Crippen LogP contribution >= 0.6 is 0 Å². The second-order valence-corrected chi connectivity index (χ2v) is 5.51. The quantitative estimate of drug-likeness (QED) is 0.892. The number of aliphatic carboxylic acids is 1. The Morgan fingerprint density at radius 1 is 1.32 bits per heavy atom. The summed E-state index contributed by atoms with van der Waals surface area (Å²) in [6.07, 6.45) is 4.57. The van der Waals surface area contributed by atoms with Gasteiger partial charge in [0.05, 0.1) is 5.92 Å². The van der Waals surface area contributed by atoms with E-state index in [-0.39, 0.29) is 17.8 Å². The van der Waals surface area contributed by atoms with Crippen molar-refractivity contribution in [2.24, 2.45) is 5.92 Å². The van der Waals surface area contributed by atoms with Crippen molar-refractivity contribution in [3.05, 3.63) is 29.6 Å². The smallest absolute Gasteiger partial charge is 0.308 e. The van der Waals surface area contributed by atoms with Crippen LogP contribution in [0, 0.1) is 11.7 Å². The number of hydrogen-bond acceptors (Lipinski definition) is 2. The van der Waals surface area contributed by atoms with Crippen LogP contribution in [0.25, 0.3) is 0 Å². The number of rotatable bonds is 2. The van der Waals surface area contributed by atoms with E-state index in [2.05, 4.69) is 4.90 Å². The molecule has 1 aliphatic heterocycles. The Labute approximate surface area is 112 Å². The molecule has 1 saturated carbocycles. The van der Waals surface area contributed by atoms with Gasteiger partial charge in [0.1, 0.15) is 5.82 Å². The van der Waals surface area contributed by atoms with Crippen LogP contribution in [0.1, 0.15) is 31.2 Å². The number of hydrogen-bond donors (Lipinski definition) is 1. The average Bonchev–Trinajstić information content (AvgIpc) is 2.81. The maximum Gasteiger partial charge on any atom is 0.308 e. The van der Waals surface area contributed by atoms with E-state index in [9.17, 15) is 14.3 Å². The molecule has 1 aromatic carbocycles. The van der Waals surface area contributed by atoms with Gasteiger partial charge >= 0.3 is 5.97 Å². The second kappa shape index (κ2) is 4.83. The summed E-state index contributed by atoms with van der Waals surface area (Å²) in [5.41, 5.74) is 2.04. The summed E-state index contributed by atoms with van der Waals surface area (Å²) in [6, 6.07) is 4.88. The Hall–Kier alpha value is -1.58. The zero-order valence-electron chi connectivity index (χ0n) is 10.8. The Morgan fingerprint density at radius 2 is 2.11 bits per heavy atom. The van der Waals surface area contributed by atoms with Crippen molar-refractivity contribution in [2.75, 3.05) is 11.4 Å². The summed E-state index contributed by atoms with van der Waals surface area (Å²) in [5.74, 6) is -1.27. The highest BCUT2D eigenvalue weighted by Crippen LogP contribution is 2.37. The van der Waals surface area contributed by atoms with Gasteiger partial charge in [-0.05, 0) is 37.0 Å².